The third kappa shape index (κ3) is 5.68. The summed E-state index contributed by atoms with van der Waals surface area (Å²) in [6.07, 6.45) is -8.90. The van der Waals surface area contributed by atoms with Gasteiger partial charge in [0.1, 0.15) is 0 Å². The van der Waals surface area contributed by atoms with Crippen LogP contribution in [-0.4, -0.2) is 11.1 Å². The maximum atomic E-state index is 13.0. The number of hydrogen-bond donors (Lipinski definition) is 1. The second kappa shape index (κ2) is 9.37. The van der Waals surface area contributed by atoms with E-state index in [1.807, 2.05) is 0 Å². The van der Waals surface area contributed by atoms with Gasteiger partial charge in [-0.05, 0) is 71.5 Å². The lowest BCUT2D eigenvalue weighted by Crippen LogP contribution is -2.12. The number of halogens is 6. The van der Waals surface area contributed by atoms with Crippen LogP contribution in [0.2, 0.25) is 0 Å². The Balaban J connectivity index is 2.17. The molecule has 3 aromatic carbocycles. The molecule has 0 heterocycles. The molecule has 178 valence electrons. The molecule has 3 aromatic rings. The van der Waals surface area contributed by atoms with E-state index < -0.39 is 35.4 Å². The fourth-order valence-corrected chi connectivity index (χ4v) is 3.64. The van der Waals surface area contributed by atoms with Crippen molar-refractivity contribution in [2.45, 2.75) is 31.6 Å². The molecule has 0 aromatic heterocycles. The molecule has 1 atom stereocenters. The Labute approximate surface area is 192 Å². The van der Waals surface area contributed by atoms with Gasteiger partial charge in [0.05, 0.1) is 17.0 Å². The van der Waals surface area contributed by atoms with Crippen molar-refractivity contribution < 1.29 is 36.2 Å². The Bertz CT molecular complexity index is 1190. The third-order valence-electron chi connectivity index (χ3n) is 5.34. The Morgan fingerprint density at radius 1 is 0.794 bits per heavy atom. The zero-order valence-corrected chi connectivity index (χ0v) is 18.0. The number of carboxylic acid groups (broad SMARTS) is 1. The van der Waals surface area contributed by atoms with Gasteiger partial charge in [0, 0.05) is 0 Å². The van der Waals surface area contributed by atoms with E-state index in [0.717, 1.165) is 24.3 Å². The quantitative estimate of drug-likeness (QED) is 0.286. The molecule has 0 fully saturated rings. The van der Waals surface area contributed by atoms with Gasteiger partial charge in [-0.25, -0.2) is 0 Å². The van der Waals surface area contributed by atoms with Crippen molar-refractivity contribution >= 4 is 5.97 Å². The van der Waals surface area contributed by atoms with Crippen molar-refractivity contribution in [1.29, 1.82) is 0 Å². The first-order valence-corrected chi connectivity index (χ1v) is 10.1. The van der Waals surface area contributed by atoms with Crippen LogP contribution in [0.1, 0.15) is 36.0 Å². The van der Waals surface area contributed by atoms with Gasteiger partial charge < -0.3 is 5.11 Å². The Kier molecular flexibility index (Phi) is 6.91. The minimum absolute atomic E-state index is 0.154. The van der Waals surface area contributed by atoms with E-state index >= 15 is 0 Å². The minimum atomic E-state index is -4.54. The number of allylic oxidation sites excluding steroid dienone is 1. The number of aliphatic carboxylic acids is 1. The maximum absolute atomic E-state index is 13.0. The van der Waals surface area contributed by atoms with Crippen LogP contribution in [0.3, 0.4) is 0 Å². The van der Waals surface area contributed by atoms with E-state index in [4.69, 9.17) is 0 Å². The van der Waals surface area contributed by atoms with Gasteiger partial charge in [-0.15, -0.1) is 6.58 Å². The zero-order chi connectivity index (χ0) is 25.3. The summed E-state index contributed by atoms with van der Waals surface area (Å²) in [5.74, 6) is -2.03. The average molecular weight is 478 g/mol. The van der Waals surface area contributed by atoms with Crippen molar-refractivity contribution in [3.05, 3.63) is 95.6 Å². The molecule has 3 rings (SSSR count). The number of carbonyl (C=O) groups is 1. The number of carboxylic acids is 1. The first kappa shape index (κ1) is 25.1. The van der Waals surface area contributed by atoms with Crippen LogP contribution in [0.4, 0.5) is 26.3 Å². The predicted octanol–water partition coefficient (Wildman–Crippen LogP) is 8.19. The van der Waals surface area contributed by atoms with E-state index in [1.54, 1.807) is 25.1 Å². The molecule has 1 unspecified atom stereocenters. The fourth-order valence-electron chi connectivity index (χ4n) is 3.64. The molecule has 8 heteroatoms. The van der Waals surface area contributed by atoms with Crippen molar-refractivity contribution in [3.8, 4) is 22.3 Å². The lowest BCUT2D eigenvalue weighted by atomic mass is 9.86. The Morgan fingerprint density at radius 2 is 1.24 bits per heavy atom. The fraction of sp³-hybridized carbons (Fsp3) is 0.192. The normalized spacial score (nSPS) is 12.9. The van der Waals surface area contributed by atoms with Crippen molar-refractivity contribution in [1.82, 2.24) is 0 Å². The van der Waals surface area contributed by atoms with Gasteiger partial charge in [0.25, 0.3) is 0 Å². The molecular weight excluding hydrogens is 458 g/mol. The smallest absolute Gasteiger partial charge is 0.416 e. The van der Waals surface area contributed by atoms with Crippen molar-refractivity contribution in [2.75, 3.05) is 0 Å². The van der Waals surface area contributed by atoms with Crippen molar-refractivity contribution in [2.24, 2.45) is 0 Å². The summed E-state index contributed by atoms with van der Waals surface area (Å²) in [4.78, 5) is 11.9. The van der Waals surface area contributed by atoms with Crippen LogP contribution >= 0.6 is 0 Å². The molecule has 0 bridgehead atoms. The monoisotopic (exact) mass is 478 g/mol. The van der Waals surface area contributed by atoms with E-state index in [0.29, 0.717) is 33.4 Å². The number of benzene rings is 3. The van der Waals surface area contributed by atoms with Gasteiger partial charge in [0.2, 0.25) is 0 Å². The number of alkyl halides is 6. The van der Waals surface area contributed by atoms with Gasteiger partial charge in [0.15, 0.2) is 0 Å². The number of hydrogen-bond acceptors (Lipinski definition) is 1. The van der Waals surface area contributed by atoms with E-state index in [9.17, 15) is 36.2 Å². The number of rotatable bonds is 6. The van der Waals surface area contributed by atoms with Gasteiger partial charge in [-0.3, -0.25) is 4.79 Å². The predicted molar refractivity (Wildman–Crippen MR) is 117 cm³/mol. The van der Waals surface area contributed by atoms with Crippen LogP contribution < -0.4 is 0 Å². The highest BCUT2D eigenvalue weighted by Gasteiger charge is 2.31. The SMILES string of the molecule is C=C(C)CC(C(=O)O)c1ccc(-c2ccc(C(F)(F)F)cc2)c(-c2ccc(C(F)(F)F)cc2)c1. The summed E-state index contributed by atoms with van der Waals surface area (Å²) >= 11 is 0. The highest BCUT2D eigenvalue weighted by atomic mass is 19.4. The third-order valence-corrected chi connectivity index (χ3v) is 5.34. The standard InChI is InChI=1S/C26H20F6O2/c1-15(2)13-23(24(33)34)18-7-12-21(16-3-8-19(9-4-16)25(27,28)29)22(14-18)17-5-10-20(11-6-17)26(30,31)32/h3-12,14,23H,1,13H2,2H3,(H,33,34). The average Bonchev–Trinajstić information content (AvgIpc) is 2.76. The topological polar surface area (TPSA) is 37.3 Å². The molecule has 0 radical (unpaired) electrons. The van der Waals surface area contributed by atoms with Crippen LogP contribution in [-0.2, 0) is 17.1 Å². The van der Waals surface area contributed by atoms with Crippen LogP contribution in [0.25, 0.3) is 22.3 Å². The molecule has 0 amide bonds. The van der Waals surface area contributed by atoms with Gasteiger partial charge in [-0.1, -0.05) is 42.0 Å². The second-order valence-corrected chi connectivity index (χ2v) is 8.01. The summed E-state index contributed by atoms with van der Waals surface area (Å²) in [7, 11) is 0. The molecule has 2 nitrogen and oxygen atoms in total. The van der Waals surface area contributed by atoms with Gasteiger partial charge in [-0.2, -0.15) is 26.3 Å². The van der Waals surface area contributed by atoms with Gasteiger partial charge >= 0.3 is 18.3 Å². The molecular formula is C26H20F6O2. The summed E-state index contributed by atoms with van der Waals surface area (Å²) in [5, 5.41) is 9.68. The summed E-state index contributed by atoms with van der Waals surface area (Å²) in [6, 6.07) is 13.4. The Morgan fingerprint density at radius 3 is 1.62 bits per heavy atom. The first-order chi connectivity index (χ1) is 15.8. The molecule has 0 aliphatic heterocycles. The summed E-state index contributed by atoms with van der Waals surface area (Å²) in [5.41, 5.74) is 0.975. The molecule has 0 aliphatic carbocycles. The lowest BCUT2D eigenvalue weighted by Gasteiger charge is -2.18. The molecule has 0 saturated heterocycles. The van der Waals surface area contributed by atoms with Crippen LogP contribution in [0, 0.1) is 0 Å². The van der Waals surface area contributed by atoms with E-state index in [2.05, 4.69) is 6.58 Å². The lowest BCUT2D eigenvalue weighted by molar-refractivity contribution is -0.139. The highest BCUT2D eigenvalue weighted by molar-refractivity contribution is 5.86. The molecule has 0 spiro atoms. The summed E-state index contributed by atoms with van der Waals surface area (Å²) < 4.78 is 77.9. The largest absolute Gasteiger partial charge is 0.481 e. The van der Waals surface area contributed by atoms with Crippen LogP contribution in [0.15, 0.2) is 78.9 Å². The maximum Gasteiger partial charge on any atom is 0.416 e. The van der Waals surface area contributed by atoms with Crippen molar-refractivity contribution in [3.63, 3.8) is 0 Å². The molecule has 0 saturated carbocycles. The zero-order valence-electron chi connectivity index (χ0n) is 18.0. The summed E-state index contributed by atoms with van der Waals surface area (Å²) in [6.45, 7) is 5.43. The molecule has 1 N–H and O–H groups in total. The van der Waals surface area contributed by atoms with Crippen LogP contribution in [0.5, 0.6) is 0 Å². The first-order valence-electron chi connectivity index (χ1n) is 10.1. The second-order valence-electron chi connectivity index (χ2n) is 8.01. The molecule has 34 heavy (non-hydrogen) atoms. The highest BCUT2D eigenvalue weighted by Crippen LogP contribution is 2.39. The Hall–Kier alpha value is -3.55. The molecule has 0 aliphatic rings. The minimum Gasteiger partial charge on any atom is -0.481 e. The van der Waals surface area contributed by atoms with E-state index in [-0.39, 0.29) is 6.42 Å². The van der Waals surface area contributed by atoms with E-state index in [1.165, 1.54) is 24.3 Å².